The van der Waals surface area contributed by atoms with Gasteiger partial charge in [-0.2, -0.15) is 0 Å². The zero-order valence-corrected chi connectivity index (χ0v) is 17.0. The molecule has 2 saturated heterocycles. The predicted octanol–water partition coefficient (Wildman–Crippen LogP) is 3.26. The highest BCUT2D eigenvalue weighted by atomic mass is 35.5. The van der Waals surface area contributed by atoms with Crippen LogP contribution in [0.3, 0.4) is 0 Å². The lowest BCUT2D eigenvalue weighted by atomic mass is 9.89. The number of hydrogen-bond donors (Lipinski definition) is 1. The Morgan fingerprint density at radius 3 is 2.62 bits per heavy atom. The van der Waals surface area contributed by atoms with Gasteiger partial charge in [-0.25, -0.2) is 0 Å². The molecule has 2 unspecified atom stereocenters. The number of nitrogens with zero attached hydrogens (tertiary/aromatic N) is 2. The van der Waals surface area contributed by atoms with E-state index >= 15 is 0 Å². The SMILES string of the molecule is CCC1CCCCN1C(=O)C(C)N1C[C@@H](CN)[C@H](c2ccccc2)C1.Cl. The number of piperidine rings is 1. The second kappa shape index (κ2) is 9.72. The minimum absolute atomic E-state index is 0. The second-order valence-electron chi connectivity index (χ2n) is 7.73. The molecule has 0 aromatic heterocycles. The average molecular weight is 380 g/mol. The largest absolute Gasteiger partial charge is 0.338 e. The summed E-state index contributed by atoms with van der Waals surface area (Å²) in [5.41, 5.74) is 7.42. The summed E-state index contributed by atoms with van der Waals surface area (Å²) in [6.45, 7) is 7.75. The van der Waals surface area contributed by atoms with E-state index in [1.807, 2.05) is 0 Å². The van der Waals surface area contributed by atoms with Crippen LogP contribution in [0.5, 0.6) is 0 Å². The summed E-state index contributed by atoms with van der Waals surface area (Å²) in [5.74, 6) is 1.18. The quantitative estimate of drug-likeness (QED) is 0.854. The van der Waals surface area contributed by atoms with Crippen LogP contribution in [0.4, 0.5) is 0 Å². The van der Waals surface area contributed by atoms with Gasteiger partial charge in [-0.15, -0.1) is 12.4 Å². The summed E-state index contributed by atoms with van der Waals surface area (Å²) in [5, 5.41) is 0. The maximum Gasteiger partial charge on any atom is 0.239 e. The van der Waals surface area contributed by atoms with Crippen molar-refractivity contribution >= 4 is 18.3 Å². The van der Waals surface area contributed by atoms with Crippen LogP contribution >= 0.6 is 12.4 Å². The standard InChI is InChI=1S/C21H33N3O.ClH/c1-3-19-11-7-8-12-24(19)21(25)16(2)23-14-18(13-22)20(15-23)17-9-5-4-6-10-17;/h4-6,9-10,16,18-20H,3,7-8,11-15,22H2,1-2H3;1H/t16?,18-,19?,20+;/m1./s1. The smallest absolute Gasteiger partial charge is 0.239 e. The van der Waals surface area contributed by atoms with Crippen molar-refractivity contribution < 1.29 is 4.79 Å². The summed E-state index contributed by atoms with van der Waals surface area (Å²) in [7, 11) is 0. The zero-order valence-electron chi connectivity index (χ0n) is 16.1. The Morgan fingerprint density at radius 2 is 1.96 bits per heavy atom. The van der Waals surface area contributed by atoms with Gasteiger partial charge in [-0.1, -0.05) is 37.3 Å². The van der Waals surface area contributed by atoms with Crippen LogP contribution in [0, 0.1) is 5.92 Å². The number of carbonyl (C=O) groups is 1. The van der Waals surface area contributed by atoms with E-state index in [2.05, 4.69) is 54.0 Å². The Bertz CT molecular complexity index is 568. The van der Waals surface area contributed by atoms with Gasteiger partial charge in [-0.05, 0) is 50.6 Å². The number of halogens is 1. The molecule has 0 saturated carbocycles. The highest BCUT2D eigenvalue weighted by Gasteiger charge is 2.39. The Kier molecular flexibility index (Phi) is 7.93. The van der Waals surface area contributed by atoms with Crippen LogP contribution in [-0.2, 0) is 4.79 Å². The lowest BCUT2D eigenvalue weighted by Crippen LogP contribution is -2.51. The summed E-state index contributed by atoms with van der Waals surface area (Å²) < 4.78 is 0. The molecular weight excluding hydrogens is 346 g/mol. The molecule has 146 valence electrons. The molecule has 0 aliphatic carbocycles. The molecule has 2 heterocycles. The van der Waals surface area contributed by atoms with Crippen LogP contribution in [0.2, 0.25) is 0 Å². The first-order valence-corrected chi connectivity index (χ1v) is 9.95. The predicted molar refractivity (Wildman–Crippen MR) is 110 cm³/mol. The lowest BCUT2D eigenvalue weighted by Gasteiger charge is -2.38. The monoisotopic (exact) mass is 379 g/mol. The van der Waals surface area contributed by atoms with Crippen LogP contribution in [0.25, 0.3) is 0 Å². The number of rotatable bonds is 5. The Balaban J connectivity index is 0.00000243. The molecule has 4 nitrogen and oxygen atoms in total. The summed E-state index contributed by atoms with van der Waals surface area (Å²) in [6, 6.07) is 11.0. The van der Waals surface area contributed by atoms with Crippen molar-refractivity contribution in [1.82, 2.24) is 9.80 Å². The second-order valence-corrected chi connectivity index (χ2v) is 7.73. The molecule has 1 aromatic carbocycles. The molecule has 1 amide bonds. The lowest BCUT2D eigenvalue weighted by molar-refractivity contribution is -0.140. The van der Waals surface area contributed by atoms with Crippen molar-refractivity contribution in [2.75, 3.05) is 26.2 Å². The highest BCUT2D eigenvalue weighted by molar-refractivity contribution is 5.85. The number of amides is 1. The fourth-order valence-electron chi connectivity index (χ4n) is 4.65. The summed E-state index contributed by atoms with van der Waals surface area (Å²) in [4.78, 5) is 17.7. The molecule has 2 fully saturated rings. The molecule has 5 heteroatoms. The Hall–Kier alpha value is -1.10. The van der Waals surface area contributed by atoms with Gasteiger partial charge < -0.3 is 10.6 Å². The summed E-state index contributed by atoms with van der Waals surface area (Å²) >= 11 is 0. The van der Waals surface area contributed by atoms with Gasteiger partial charge >= 0.3 is 0 Å². The molecule has 4 atom stereocenters. The van der Waals surface area contributed by atoms with E-state index in [-0.39, 0.29) is 18.4 Å². The minimum atomic E-state index is -0.0464. The molecule has 0 spiro atoms. The van der Waals surface area contributed by atoms with E-state index in [0.717, 1.165) is 38.9 Å². The number of hydrogen-bond acceptors (Lipinski definition) is 3. The molecule has 26 heavy (non-hydrogen) atoms. The molecule has 0 bridgehead atoms. The van der Waals surface area contributed by atoms with Crippen molar-refractivity contribution in [3.63, 3.8) is 0 Å². The Morgan fingerprint density at radius 1 is 1.23 bits per heavy atom. The molecule has 3 rings (SSSR count). The van der Waals surface area contributed by atoms with Crippen molar-refractivity contribution in [3.8, 4) is 0 Å². The number of carbonyl (C=O) groups excluding carboxylic acids is 1. The Labute approximate surface area is 164 Å². The van der Waals surface area contributed by atoms with Gasteiger partial charge in [0.2, 0.25) is 5.91 Å². The highest BCUT2D eigenvalue weighted by Crippen LogP contribution is 2.33. The topological polar surface area (TPSA) is 49.6 Å². The van der Waals surface area contributed by atoms with Crippen LogP contribution in [0.1, 0.15) is 51.0 Å². The molecule has 2 aliphatic rings. The van der Waals surface area contributed by atoms with E-state index in [4.69, 9.17) is 5.73 Å². The minimum Gasteiger partial charge on any atom is -0.338 e. The average Bonchev–Trinajstić information content (AvgIpc) is 3.12. The van der Waals surface area contributed by atoms with Gasteiger partial charge in [-0.3, -0.25) is 9.69 Å². The van der Waals surface area contributed by atoms with Crippen LogP contribution in [0.15, 0.2) is 30.3 Å². The van der Waals surface area contributed by atoms with E-state index in [0.29, 0.717) is 30.3 Å². The first-order chi connectivity index (χ1) is 12.2. The fourth-order valence-corrected chi connectivity index (χ4v) is 4.65. The number of benzene rings is 1. The maximum absolute atomic E-state index is 13.1. The molecule has 2 N–H and O–H groups in total. The van der Waals surface area contributed by atoms with Crippen molar-refractivity contribution in [3.05, 3.63) is 35.9 Å². The van der Waals surface area contributed by atoms with Gasteiger partial charge in [0.1, 0.15) is 0 Å². The number of likely N-dealkylation sites (tertiary alicyclic amines) is 2. The third-order valence-corrected chi connectivity index (χ3v) is 6.29. The van der Waals surface area contributed by atoms with Crippen molar-refractivity contribution in [2.24, 2.45) is 11.7 Å². The third kappa shape index (κ3) is 4.41. The van der Waals surface area contributed by atoms with Crippen molar-refractivity contribution in [2.45, 2.75) is 57.5 Å². The van der Waals surface area contributed by atoms with Crippen LogP contribution in [-0.4, -0.2) is 54.0 Å². The zero-order chi connectivity index (χ0) is 17.8. The third-order valence-electron chi connectivity index (χ3n) is 6.29. The van der Waals surface area contributed by atoms with E-state index in [1.165, 1.54) is 12.0 Å². The molecular formula is C21H34ClN3O. The molecule has 2 aliphatic heterocycles. The van der Waals surface area contributed by atoms with Crippen molar-refractivity contribution in [1.29, 1.82) is 0 Å². The van der Waals surface area contributed by atoms with E-state index in [1.54, 1.807) is 0 Å². The van der Waals surface area contributed by atoms with E-state index < -0.39 is 0 Å². The van der Waals surface area contributed by atoms with Gasteiger partial charge in [0.05, 0.1) is 6.04 Å². The number of nitrogens with two attached hydrogens (primary N) is 1. The van der Waals surface area contributed by atoms with Crippen LogP contribution < -0.4 is 5.73 Å². The normalized spacial score (nSPS) is 27.8. The maximum atomic E-state index is 13.1. The molecule has 0 radical (unpaired) electrons. The summed E-state index contributed by atoms with van der Waals surface area (Å²) in [6.07, 6.45) is 4.63. The first-order valence-electron chi connectivity index (χ1n) is 9.95. The van der Waals surface area contributed by atoms with Gasteiger partial charge in [0, 0.05) is 31.6 Å². The van der Waals surface area contributed by atoms with Gasteiger partial charge in [0.15, 0.2) is 0 Å². The fraction of sp³-hybridized carbons (Fsp3) is 0.667. The molecule has 1 aromatic rings. The van der Waals surface area contributed by atoms with E-state index in [9.17, 15) is 4.79 Å². The van der Waals surface area contributed by atoms with Gasteiger partial charge in [0.25, 0.3) is 0 Å². The first kappa shape index (κ1) is 21.2.